The molecule has 0 spiro atoms. The van der Waals surface area contributed by atoms with Gasteiger partial charge in [-0.25, -0.2) is 0 Å². The van der Waals surface area contributed by atoms with E-state index in [2.05, 4.69) is 65.5 Å². The molecule has 0 aliphatic carbocycles. The maximum atomic E-state index is 2.48. The predicted octanol–water partition coefficient (Wildman–Crippen LogP) is 4.16. The van der Waals surface area contributed by atoms with Crippen LogP contribution in [0, 0.1) is 24.2 Å². The summed E-state index contributed by atoms with van der Waals surface area (Å²) < 4.78 is 2.93. The van der Waals surface area contributed by atoms with E-state index in [9.17, 15) is 0 Å². The van der Waals surface area contributed by atoms with Crippen LogP contribution in [0.3, 0.4) is 0 Å². The summed E-state index contributed by atoms with van der Waals surface area (Å²) in [5.74, 6) is 2.03. The maximum absolute atomic E-state index is 2.48. The van der Waals surface area contributed by atoms with Crippen LogP contribution in [0.25, 0.3) is 9.40 Å². The summed E-state index contributed by atoms with van der Waals surface area (Å²) in [4.78, 5) is 1.60. The molecule has 2 rings (SSSR count). The summed E-state index contributed by atoms with van der Waals surface area (Å²) in [5.41, 5.74) is 0.314. The Morgan fingerprint density at radius 2 is 1.68 bits per heavy atom. The quantitative estimate of drug-likeness (QED) is 0.529. The number of fused-ring (bicyclic) bond motifs is 1. The van der Waals surface area contributed by atoms with Crippen molar-refractivity contribution in [3.05, 3.63) is 28.8 Å². The first-order valence-corrected chi connectivity index (χ1v) is 9.88. The van der Waals surface area contributed by atoms with Gasteiger partial charge < -0.3 is 6.42 Å². The molecule has 2 aromatic rings. The molecule has 2 heterocycles. The molecular formula is C19H29LiS2. The Kier molecular flexibility index (Phi) is 7.74. The Hall–Kier alpha value is 0.257. The average molecular weight is 329 g/mol. The minimum Gasteiger partial charge on any atom is -0.326 e. The third kappa shape index (κ3) is 4.01. The van der Waals surface area contributed by atoms with E-state index >= 15 is 0 Å². The van der Waals surface area contributed by atoms with Crippen molar-refractivity contribution < 1.29 is 18.9 Å². The second-order valence-corrected chi connectivity index (χ2v) is 9.16. The Morgan fingerprint density at radius 1 is 1.05 bits per heavy atom. The predicted molar refractivity (Wildman–Crippen MR) is 99.4 cm³/mol. The standard InChI is InChI=1S/C19H29S2.Li/c1-13(2)8-7-10-19(14(3)4,15(5)6)18-12-17-16(21-18)9-11-20-17;/h8-9,11-15H,7,10H2,1-6H3;/q-1;+1. The van der Waals surface area contributed by atoms with Gasteiger partial charge in [-0.3, -0.25) is 0 Å². The van der Waals surface area contributed by atoms with Crippen LogP contribution in [0.2, 0.25) is 0 Å². The van der Waals surface area contributed by atoms with Gasteiger partial charge in [0.15, 0.2) is 0 Å². The van der Waals surface area contributed by atoms with E-state index in [-0.39, 0.29) is 18.9 Å². The second kappa shape index (κ2) is 8.38. The van der Waals surface area contributed by atoms with Gasteiger partial charge in [0, 0.05) is 19.7 Å². The zero-order valence-corrected chi connectivity index (χ0v) is 16.9. The molecule has 0 fully saturated rings. The van der Waals surface area contributed by atoms with E-state index < -0.39 is 0 Å². The van der Waals surface area contributed by atoms with Crippen LogP contribution in [0.5, 0.6) is 0 Å². The van der Waals surface area contributed by atoms with Gasteiger partial charge in [-0.2, -0.15) is 12.3 Å². The molecule has 22 heavy (non-hydrogen) atoms. The van der Waals surface area contributed by atoms with Crippen LogP contribution in [-0.2, 0) is 5.41 Å². The Bertz CT molecular complexity index is 526. The number of hydrogen-bond acceptors (Lipinski definition) is 2. The number of rotatable bonds is 7. The van der Waals surface area contributed by atoms with E-state index in [0.29, 0.717) is 23.2 Å². The molecule has 0 aromatic carbocycles. The first-order chi connectivity index (χ1) is 9.87. The van der Waals surface area contributed by atoms with Crippen molar-refractivity contribution >= 4 is 32.1 Å². The fourth-order valence-corrected chi connectivity index (χ4v) is 6.21. The number of hydrogen-bond donors (Lipinski definition) is 0. The Labute approximate surface area is 156 Å². The summed E-state index contributed by atoms with van der Waals surface area (Å²) in [6, 6.07) is 4.75. The van der Waals surface area contributed by atoms with Gasteiger partial charge in [0.2, 0.25) is 0 Å². The molecule has 0 amide bonds. The van der Waals surface area contributed by atoms with Crippen molar-refractivity contribution in [2.75, 3.05) is 0 Å². The summed E-state index contributed by atoms with van der Waals surface area (Å²) in [5, 5.41) is 2.21. The first kappa shape index (κ1) is 20.3. The van der Waals surface area contributed by atoms with Crippen LogP contribution in [0.4, 0.5) is 0 Å². The zero-order valence-electron chi connectivity index (χ0n) is 15.3. The molecule has 0 bridgehead atoms. The van der Waals surface area contributed by atoms with E-state index in [4.69, 9.17) is 0 Å². The van der Waals surface area contributed by atoms with E-state index in [1.54, 1.807) is 4.88 Å². The molecule has 0 nitrogen and oxygen atoms in total. The summed E-state index contributed by atoms with van der Waals surface area (Å²) in [7, 11) is 0. The van der Waals surface area contributed by atoms with E-state index in [0.717, 1.165) is 0 Å². The molecule has 0 saturated heterocycles. The smallest absolute Gasteiger partial charge is 0.326 e. The molecule has 0 N–H and O–H groups in total. The minimum absolute atomic E-state index is 0. The van der Waals surface area contributed by atoms with Gasteiger partial charge >= 0.3 is 18.9 Å². The zero-order chi connectivity index (χ0) is 15.6. The van der Waals surface area contributed by atoms with E-state index in [1.807, 2.05) is 22.7 Å². The molecule has 118 valence electrons. The van der Waals surface area contributed by atoms with Crippen molar-refractivity contribution in [3.8, 4) is 0 Å². The fourth-order valence-electron chi connectivity index (χ4n) is 3.59. The fraction of sp³-hybridized carbons (Fsp3) is 0.632. The minimum atomic E-state index is 0. The Balaban J connectivity index is 0.00000242. The summed E-state index contributed by atoms with van der Waals surface area (Å²) >= 11 is 3.90. The van der Waals surface area contributed by atoms with Gasteiger partial charge in [-0.15, -0.1) is 22.7 Å². The summed E-state index contributed by atoms with van der Waals surface area (Å²) in [6.45, 7) is 14.2. The largest absolute Gasteiger partial charge is 1.00 e. The van der Waals surface area contributed by atoms with Gasteiger partial charge in [-0.05, 0) is 29.3 Å². The molecule has 2 aromatic heterocycles. The molecule has 0 aliphatic heterocycles. The molecule has 0 aliphatic rings. The molecule has 0 atom stereocenters. The topological polar surface area (TPSA) is 0 Å². The van der Waals surface area contributed by atoms with Crippen LogP contribution in [0.15, 0.2) is 17.5 Å². The van der Waals surface area contributed by atoms with Gasteiger partial charge in [0.25, 0.3) is 0 Å². The van der Waals surface area contributed by atoms with Gasteiger partial charge in [0.1, 0.15) is 0 Å². The van der Waals surface area contributed by atoms with Crippen molar-refractivity contribution in [2.45, 2.75) is 59.8 Å². The monoisotopic (exact) mass is 328 g/mol. The van der Waals surface area contributed by atoms with Crippen molar-refractivity contribution in [2.24, 2.45) is 17.8 Å². The SMILES string of the molecule is CC(C)[CH-]CCC(c1cc2sccc2s1)(C(C)C)C(C)C.[Li+]. The maximum Gasteiger partial charge on any atom is 1.00 e. The van der Waals surface area contributed by atoms with Gasteiger partial charge in [0.05, 0.1) is 0 Å². The molecule has 3 heteroatoms. The van der Waals surface area contributed by atoms with Crippen LogP contribution in [0.1, 0.15) is 59.3 Å². The van der Waals surface area contributed by atoms with E-state index in [1.165, 1.54) is 22.2 Å². The van der Waals surface area contributed by atoms with Crippen molar-refractivity contribution in [1.29, 1.82) is 0 Å². The van der Waals surface area contributed by atoms with Crippen LogP contribution >= 0.6 is 22.7 Å². The molecule has 0 saturated carbocycles. The van der Waals surface area contributed by atoms with Crippen molar-refractivity contribution in [3.63, 3.8) is 0 Å². The molecule has 0 unspecified atom stereocenters. The first-order valence-electron chi connectivity index (χ1n) is 8.18. The average Bonchev–Trinajstić information content (AvgIpc) is 2.93. The number of thiophene rings is 2. The second-order valence-electron chi connectivity index (χ2n) is 7.13. The van der Waals surface area contributed by atoms with Crippen molar-refractivity contribution in [1.82, 2.24) is 0 Å². The third-order valence-corrected chi connectivity index (χ3v) is 7.14. The van der Waals surface area contributed by atoms with Crippen LogP contribution in [-0.4, -0.2) is 0 Å². The normalized spacial score (nSPS) is 12.6. The molecular weight excluding hydrogens is 299 g/mol. The van der Waals surface area contributed by atoms with Gasteiger partial charge in [-0.1, -0.05) is 48.0 Å². The Morgan fingerprint density at radius 3 is 2.18 bits per heavy atom. The third-order valence-electron chi connectivity index (χ3n) is 4.85. The summed E-state index contributed by atoms with van der Waals surface area (Å²) in [6.07, 6.45) is 4.98. The molecule has 0 radical (unpaired) electrons. The van der Waals surface area contributed by atoms with Crippen LogP contribution < -0.4 is 18.9 Å².